The molecular weight excluding hydrogens is 534 g/mol. The molecular formula is C23H33N7O8S. The van der Waals surface area contributed by atoms with Crippen molar-refractivity contribution >= 4 is 27.0 Å². The van der Waals surface area contributed by atoms with Crippen LogP contribution in [0, 0.1) is 11.8 Å². The van der Waals surface area contributed by atoms with Crippen molar-refractivity contribution in [1.82, 2.24) is 29.7 Å². The Bertz CT molecular complexity index is 1440. The van der Waals surface area contributed by atoms with Gasteiger partial charge in [0.15, 0.2) is 23.1 Å². The Balaban J connectivity index is 1.89. The predicted molar refractivity (Wildman–Crippen MR) is 140 cm³/mol. The smallest absolute Gasteiger partial charge is 0.266 e. The van der Waals surface area contributed by atoms with E-state index in [0.717, 1.165) is 0 Å². The molecule has 0 aliphatic carbocycles. The molecule has 3 rings (SSSR count). The normalized spacial score (nSPS) is 13.0. The van der Waals surface area contributed by atoms with Crippen LogP contribution in [0.3, 0.4) is 0 Å². The van der Waals surface area contributed by atoms with E-state index in [1.165, 1.54) is 6.20 Å². The molecule has 3 aromatic rings. The Morgan fingerprint density at radius 1 is 1.31 bits per heavy atom. The molecule has 0 fully saturated rings. The minimum absolute atomic E-state index is 0.0194. The van der Waals surface area contributed by atoms with E-state index in [9.17, 15) is 18.6 Å². The number of hydrogen-bond donors (Lipinski definition) is 5. The SMILES string of the molecule is CCn1c(-c2nonc2N)nc2c(C#CC(C)(C)O)ncc(OCCCN(CCS(=O)(=O)O)CC(O)CO)c21. The third-order valence-corrected chi connectivity index (χ3v) is 6.18. The molecule has 0 bridgehead atoms. The van der Waals surface area contributed by atoms with E-state index in [2.05, 4.69) is 32.1 Å². The molecule has 0 spiro atoms. The minimum Gasteiger partial charge on any atom is -0.490 e. The van der Waals surface area contributed by atoms with Gasteiger partial charge in [-0.2, -0.15) is 8.42 Å². The summed E-state index contributed by atoms with van der Waals surface area (Å²) < 4.78 is 44.0. The molecule has 1 atom stereocenters. The number of nitrogens with zero attached hydrogens (tertiary/aromatic N) is 6. The van der Waals surface area contributed by atoms with E-state index in [-0.39, 0.29) is 31.2 Å². The molecule has 1 unspecified atom stereocenters. The molecule has 3 aromatic heterocycles. The van der Waals surface area contributed by atoms with Crippen molar-refractivity contribution in [1.29, 1.82) is 0 Å². The highest BCUT2D eigenvalue weighted by Gasteiger charge is 2.23. The van der Waals surface area contributed by atoms with E-state index in [4.69, 9.17) is 24.8 Å². The van der Waals surface area contributed by atoms with Gasteiger partial charge in [0.2, 0.25) is 0 Å². The topological polar surface area (TPSA) is 223 Å². The third-order valence-electron chi connectivity index (χ3n) is 5.49. The number of aryl methyl sites for hydroxylation is 1. The Hall–Kier alpha value is -3.33. The summed E-state index contributed by atoms with van der Waals surface area (Å²) >= 11 is 0. The van der Waals surface area contributed by atoms with E-state index in [0.29, 0.717) is 47.8 Å². The number of pyridine rings is 1. The lowest BCUT2D eigenvalue weighted by atomic mass is 10.1. The molecule has 0 aromatic carbocycles. The first-order chi connectivity index (χ1) is 18.3. The number of aliphatic hydroxyl groups is 3. The maximum atomic E-state index is 11.2. The Labute approximate surface area is 225 Å². The zero-order valence-corrected chi connectivity index (χ0v) is 22.7. The van der Waals surface area contributed by atoms with E-state index < -0.39 is 34.2 Å². The van der Waals surface area contributed by atoms with E-state index >= 15 is 0 Å². The summed E-state index contributed by atoms with van der Waals surface area (Å²) in [6, 6.07) is 0. The molecule has 6 N–H and O–H groups in total. The first-order valence-corrected chi connectivity index (χ1v) is 13.8. The molecule has 0 aliphatic heterocycles. The van der Waals surface area contributed by atoms with E-state index in [1.807, 2.05) is 6.92 Å². The average molecular weight is 568 g/mol. The van der Waals surface area contributed by atoms with Crippen LogP contribution in [0.25, 0.3) is 22.6 Å². The van der Waals surface area contributed by atoms with Gasteiger partial charge in [-0.25, -0.2) is 14.6 Å². The standard InChI is InChI=1S/C23H33N7O8S/c1-4-30-20-17(37-10-5-8-29(13-15(32)14-31)9-11-39(34,35)36)12-25-16(6-7-23(2,3)33)18(20)26-22(30)19-21(24)28-38-27-19/h12,15,31-33H,4-5,8-11,13-14H2,1-3H3,(H2,24,28)(H,34,35,36). The summed E-state index contributed by atoms with van der Waals surface area (Å²) in [6.07, 6.45) is 0.840. The highest BCUT2D eigenvalue weighted by atomic mass is 32.2. The number of ether oxygens (including phenoxy) is 1. The maximum absolute atomic E-state index is 11.2. The zero-order valence-electron chi connectivity index (χ0n) is 21.9. The van der Waals surface area contributed by atoms with Crippen LogP contribution < -0.4 is 10.5 Å². The first kappa shape index (κ1) is 30.2. The summed E-state index contributed by atoms with van der Waals surface area (Å²) in [5, 5.41) is 36.5. The monoisotopic (exact) mass is 567 g/mol. The van der Waals surface area contributed by atoms with Crippen molar-refractivity contribution in [3.8, 4) is 29.1 Å². The van der Waals surface area contributed by atoms with Crippen LogP contribution in [0.5, 0.6) is 5.75 Å². The van der Waals surface area contributed by atoms with Crippen LogP contribution in [0.4, 0.5) is 5.82 Å². The Morgan fingerprint density at radius 2 is 2.05 bits per heavy atom. The molecule has 39 heavy (non-hydrogen) atoms. The number of nitrogens with two attached hydrogens (primary N) is 1. The van der Waals surface area contributed by atoms with Gasteiger partial charge in [0, 0.05) is 26.2 Å². The van der Waals surface area contributed by atoms with Crippen LogP contribution >= 0.6 is 0 Å². The minimum atomic E-state index is -4.19. The van der Waals surface area contributed by atoms with Crippen molar-refractivity contribution in [2.24, 2.45) is 0 Å². The second kappa shape index (κ2) is 12.7. The molecule has 16 heteroatoms. The number of hydrogen-bond acceptors (Lipinski definition) is 13. The molecule has 0 amide bonds. The lowest BCUT2D eigenvalue weighted by Crippen LogP contribution is -2.38. The molecule has 0 saturated heterocycles. The van der Waals surface area contributed by atoms with E-state index in [1.54, 1.807) is 23.3 Å². The van der Waals surface area contributed by atoms with Gasteiger partial charge in [-0.15, -0.1) is 0 Å². The summed E-state index contributed by atoms with van der Waals surface area (Å²) in [5.74, 6) is 5.87. The average Bonchev–Trinajstić information content (AvgIpc) is 3.46. The van der Waals surface area contributed by atoms with Gasteiger partial charge in [-0.05, 0) is 43.4 Å². The fourth-order valence-corrected chi connectivity index (χ4v) is 4.22. The zero-order chi connectivity index (χ0) is 28.8. The molecule has 3 heterocycles. The largest absolute Gasteiger partial charge is 0.490 e. The Morgan fingerprint density at radius 3 is 2.64 bits per heavy atom. The van der Waals surface area contributed by atoms with Crippen molar-refractivity contribution < 1.29 is 37.7 Å². The van der Waals surface area contributed by atoms with Gasteiger partial charge in [-0.3, -0.25) is 9.45 Å². The second-order valence-electron chi connectivity index (χ2n) is 9.28. The first-order valence-electron chi connectivity index (χ1n) is 12.1. The summed E-state index contributed by atoms with van der Waals surface area (Å²) in [7, 11) is -4.19. The van der Waals surface area contributed by atoms with Gasteiger partial charge in [0.25, 0.3) is 10.1 Å². The van der Waals surface area contributed by atoms with Crippen LogP contribution in [-0.4, -0.2) is 108 Å². The summed E-state index contributed by atoms with van der Waals surface area (Å²) in [5.41, 5.74) is 6.14. The molecule has 0 radical (unpaired) electrons. The number of aliphatic hydroxyl groups excluding tert-OH is 2. The van der Waals surface area contributed by atoms with Gasteiger partial charge < -0.3 is 30.4 Å². The highest BCUT2D eigenvalue weighted by Crippen LogP contribution is 2.33. The lowest BCUT2D eigenvalue weighted by molar-refractivity contribution is 0.0593. The van der Waals surface area contributed by atoms with Gasteiger partial charge in [-0.1, -0.05) is 5.92 Å². The molecule has 214 valence electrons. The number of rotatable bonds is 13. The van der Waals surface area contributed by atoms with Crippen molar-refractivity contribution in [3.63, 3.8) is 0 Å². The second-order valence-corrected chi connectivity index (χ2v) is 10.9. The predicted octanol–water partition coefficient (Wildman–Crippen LogP) is -0.482. The quantitative estimate of drug-likeness (QED) is 0.0999. The number of fused-ring (bicyclic) bond motifs is 1. The fourth-order valence-electron chi connectivity index (χ4n) is 3.73. The maximum Gasteiger partial charge on any atom is 0.266 e. The fraction of sp³-hybridized carbons (Fsp3) is 0.565. The molecule has 0 aliphatic rings. The van der Waals surface area contributed by atoms with Crippen molar-refractivity contribution in [2.75, 3.05) is 44.3 Å². The van der Waals surface area contributed by atoms with Crippen molar-refractivity contribution in [2.45, 2.75) is 45.4 Å². The molecule has 15 nitrogen and oxygen atoms in total. The van der Waals surface area contributed by atoms with Crippen LogP contribution in [-0.2, 0) is 16.7 Å². The summed E-state index contributed by atoms with van der Waals surface area (Å²) in [6.45, 7) is 5.43. The van der Waals surface area contributed by atoms with Gasteiger partial charge in [0.05, 0.1) is 31.3 Å². The third kappa shape index (κ3) is 8.33. The van der Waals surface area contributed by atoms with Gasteiger partial charge >= 0.3 is 0 Å². The summed E-state index contributed by atoms with van der Waals surface area (Å²) in [4.78, 5) is 10.6. The number of aromatic nitrogens is 5. The number of nitrogen functional groups attached to an aromatic ring is 1. The van der Waals surface area contributed by atoms with Crippen LogP contribution in [0.2, 0.25) is 0 Å². The van der Waals surface area contributed by atoms with Crippen LogP contribution in [0.1, 0.15) is 32.9 Å². The lowest BCUT2D eigenvalue weighted by Gasteiger charge is -2.23. The molecule has 0 saturated carbocycles. The number of imidazole rings is 1. The highest BCUT2D eigenvalue weighted by molar-refractivity contribution is 7.85. The number of anilines is 1. The Kier molecular flexibility index (Phi) is 9.83. The van der Waals surface area contributed by atoms with Crippen molar-refractivity contribution in [3.05, 3.63) is 11.9 Å². The van der Waals surface area contributed by atoms with Gasteiger partial charge in [0.1, 0.15) is 22.3 Å². The van der Waals surface area contributed by atoms with Crippen LogP contribution in [0.15, 0.2) is 10.8 Å².